The van der Waals surface area contributed by atoms with Crippen LogP contribution < -0.4 is 5.32 Å². The van der Waals surface area contributed by atoms with Crippen molar-refractivity contribution in [2.45, 2.75) is 58.5 Å². The summed E-state index contributed by atoms with van der Waals surface area (Å²) in [6.07, 6.45) is 6.79. The average molecular weight is 306 g/mol. The van der Waals surface area contributed by atoms with Gasteiger partial charge in [0.2, 0.25) is 11.8 Å². The van der Waals surface area contributed by atoms with Crippen LogP contribution in [0.4, 0.5) is 0 Å². The molecule has 0 saturated carbocycles. The largest absolute Gasteiger partial charge is 0.343 e. The number of nitrogens with one attached hydrogen (secondary N) is 1. The summed E-state index contributed by atoms with van der Waals surface area (Å²) in [5.74, 6) is 1.00. The maximum Gasteiger partial charge on any atom is 0.244 e. The Bertz CT molecular complexity index is 518. The topological polar surface area (TPSA) is 67.2 Å². The van der Waals surface area contributed by atoms with E-state index in [4.69, 9.17) is 0 Å². The summed E-state index contributed by atoms with van der Waals surface area (Å²) in [6.45, 7) is 7.64. The second-order valence-corrected chi connectivity index (χ2v) is 6.24. The zero-order valence-corrected chi connectivity index (χ0v) is 13.7. The van der Waals surface area contributed by atoms with Crippen LogP contribution in [-0.4, -0.2) is 45.4 Å². The number of hydrogen-bond acceptors (Lipinski definition) is 3. The van der Waals surface area contributed by atoms with Crippen molar-refractivity contribution in [1.29, 1.82) is 0 Å². The number of carbonyl (C=O) groups excluding carboxylic acids is 2. The van der Waals surface area contributed by atoms with Gasteiger partial charge in [0.25, 0.3) is 0 Å². The molecule has 0 aromatic carbocycles. The third kappa shape index (κ3) is 4.08. The molecule has 122 valence electrons. The monoisotopic (exact) mass is 306 g/mol. The van der Waals surface area contributed by atoms with Gasteiger partial charge >= 0.3 is 0 Å². The first-order valence-electron chi connectivity index (χ1n) is 8.08. The van der Waals surface area contributed by atoms with E-state index in [0.717, 1.165) is 31.8 Å². The van der Waals surface area contributed by atoms with E-state index < -0.39 is 6.04 Å². The molecule has 1 aromatic rings. The Morgan fingerprint density at radius 1 is 1.23 bits per heavy atom. The Kier molecular flexibility index (Phi) is 5.57. The Morgan fingerprint density at radius 2 is 1.91 bits per heavy atom. The van der Waals surface area contributed by atoms with Gasteiger partial charge in [0, 0.05) is 31.4 Å². The van der Waals surface area contributed by atoms with E-state index in [1.807, 2.05) is 23.3 Å². The fourth-order valence-electron chi connectivity index (χ4n) is 2.85. The van der Waals surface area contributed by atoms with Crippen molar-refractivity contribution in [1.82, 2.24) is 19.8 Å². The van der Waals surface area contributed by atoms with Gasteiger partial charge in [0.05, 0.1) is 0 Å². The fourth-order valence-corrected chi connectivity index (χ4v) is 2.85. The number of amides is 2. The minimum absolute atomic E-state index is 0.0164. The van der Waals surface area contributed by atoms with Crippen LogP contribution in [0.1, 0.15) is 51.8 Å². The quantitative estimate of drug-likeness (QED) is 0.897. The predicted octanol–water partition coefficient (Wildman–Crippen LogP) is 1.52. The second kappa shape index (κ2) is 7.42. The van der Waals surface area contributed by atoms with E-state index in [1.165, 1.54) is 6.42 Å². The zero-order valence-electron chi connectivity index (χ0n) is 13.7. The summed E-state index contributed by atoms with van der Waals surface area (Å²) in [4.78, 5) is 30.6. The van der Waals surface area contributed by atoms with E-state index in [0.29, 0.717) is 0 Å². The minimum Gasteiger partial charge on any atom is -0.343 e. The van der Waals surface area contributed by atoms with Gasteiger partial charge in [-0.25, -0.2) is 4.98 Å². The minimum atomic E-state index is -0.475. The normalized spacial score (nSPS) is 16.6. The summed E-state index contributed by atoms with van der Waals surface area (Å²) in [7, 11) is 0. The molecule has 6 heteroatoms. The highest BCUT2D eigenvalue weighted by molar-refractivity contribution is 5.87. The first-order valence-corrected chi connectivity index (χ1v) is 8.08. The van der Waals surface area contributed by atoms with Crippen molar-refractivity contribution in [3.05, 3.63) is 18.2 Å². The Balaban J connectivity index is 1.88. The highest BCUT2D eigenvalue weighted by Crippen LogP contribution is 2.12. The van der Waals surface area contributed by atoms with Crippen molar-refractivity contribution in [2.75, 3.05) is 13.1 Å². The maximum absolute atomic E-state index is 12.3. The number of carbonyl (C=O) groups is 2. The molecule has 1 saturated heterocycles. The van der Waals surface area contributed by atoms with Crippen LogP contribution in [0.5, 0.6) is 0 Å². The van der Waals surface area contributed by atoms with Gasteiger partial charge in [-0.05, 0) is 26.2 Å². The molecule has 0 spiro atoms. The third-order valence-corrected chi connectivity index (χ3v) is 3.99. The molecule has 6 nitrogen and oxygen atoms in total. The van der Waals surface area contributed by atoms with Crippen LogP contribution in [0.15, 0.2) is 12.4 Å². The molecule has 0 aliphatic carbocycles. The van der Waals surface area contributed by atoms with Crippen molar-refractivity contribution < 1.29 is 9.59 Å². The second-order valence-electron chi connectivity index (χ2n) is 6.24. The Hall–Kier alpha value is -1.85. The van der Waals surface area contributed by atoms with Crippen LogP contribution in [0, 0.1) is 0 Å². The molecular weight excluding hydrogens is 280 g/mol. The van der Waals surface area contributed by atoms with Crippen molar-refractivity contribution in [3.63, 3.8) is 0 Å². The maximum atomic E-state index is 12.3. The number of aromatic nitrogens is 2. The van der Waals surface area contributed by atoms with Crippen LogP contribution in [0.3, 0.4) is 0 Å². The van der Waals surface area contributed by atoms with E-state index in [-0.39, 0.29) is 24.3 Å². The molecule has 0 unspecified atom stereocenters. The molecule has 2 heterocycles. The van der Waals surface area contributed by atoms with Gasteiger partial charge < -0.3 is 14.8 Å². The number of imidazole rings is 1. The summed E-state index contributed by atoms with van der Waals surface area (Å²) in [5, 5.41) is 2.80. The van der Waals surface area contributed by atoms with Crippen molar-refractivity contribution in [2.24, 2.45) is 0 Å². The van der Waals surface area contributed by atoms with E-state index >= 15 is 0 Å². The average Bonchev–Trinajstić information content (AvgIpc) is 2.95. The van der Waals surface area contributed by atoms with Gasteiger partial charge in [0.1, 0.15) is 18.4 Å². The number of piperidine rings is 1. The molecule has 1 fully saturated rings. The molecule has 1 atom stereocenters. The molecule has 0 radical (unpaired) electrons. The van der Waals surface area contributed by atoms with Crippen molar-refractivity contribution in [3.8, 4) is 0 Å². The van der Waals surface area contributed by atoms with Gasteiger partial charge in [0.15, 0.2) is 0 Å². The van der Waals surface area contributed by atoms with Crippen LogP contribution in [0.2, 0.25) is 0 Å². The number of rotatable bonds is 5. The van der Waals surface area contributed by atoms with Gasteiger partial charge in [-0.1, -0.05) is 13.8 Å². The summed E-state index contributed by atoms with van der Waals surface area (Å²) in [5.41, 5.74) is 0. The summed E-state index contributed by atoms with van der Waals surface area (Å²) >= 11 is 0. The zero-order chi connectivity index (χ0) is 16.1. The highest BCUT2D eigenvalue weighted by atomic mass is 16.2. The lowest BCUT2D eigenvalue weighted by atomic mass is 10.1. The molecular formula is C16H26N4O2. The SMILES string of the molecule is CC(C)c1nccn1CC(=O)N[C@H](C)C(=O)N1CCCCC1. The Morgan fingerprint density at radius 3 is 2.55 bits per heavy atom. The predicted molar refractivity (Wildman–Crippen MR) is 84.4 cm³/mol. The molecule has 1 aliphatic rings. The molecule has 1 N–H and O–H groups in total. The smallest absolute Gasteiger partial charge is 0.244 e. The third-order valence-electron chi connectivity index (χ3n) is 3.99. The number of nitrogens with zero attached hydrogens (tertiary/aromatic N) is 3. The fraction of sp³-hybridized carbons (Fsp3) is 0.688. The molecule has 2 amide bonds. The first-order chi connectivity index (χ1) is 10.5. The van der Waals surface area contributed by atoms with Crippen LogP contribution in [-0.2, 0) is 16.1 Å². The summed E-state index contributed by atoms with van der Waals surface area (Å²) < 4.78 is 1.83. The lowest BCUT2D eigenvalue weighted by Gasteiger charge is -2.29. The van der Waals surface area contributed by atoms with Gasteiger partial charge in [-0.15, -0.1) is 0 Å². The van der Waals surface area contributed by atoms with Crippen LogP contribution in [0.25, 0.3) is 0 Å². The van der Waals surface area contributed by atoms with Crippen LogP contribution >= 0.6 is 0 Å². The standard InChI is InChI=1S/C16H26N4O2/c1-12(2)15-17-7-10-20(15)11-14(21)18-13(3)16(22)19-8-5-4-6-9-19/h7,10,12-13H,4-6,8-9,11H2,1-3H3,(H,18,21)/t13-/m1/s1. The lowest BCUT2D eigenvalue weighted by Crippen LogP contribution is -2.49. The number of hydrogen-bond donors (Lipinski definition) is 1. The first kappa shape index (κ1) is 16.5. The Labute approximate surface area is 131 Å². The van der Waals surface area contributed by atoms with E-state index in [2.05, 4.69) is 10.3 Å². The van der Waals surface area contributed by atoms with Crippen molar-refractivity contribution >= 4 is 11.8 Å². The highest BCUT2D eigenvalue weighted by Gasteiger charge is 2.23. The van der Waals surface area contributed by atoms with Gasteiger partial charge in [-0.3, -0.25) is 9.59 Å². The lowest BCUT2D eigenvalue weighted by molar-refractivity contribution is -0.136. The molecule has 22 heavy (non-hydrogen) atoms. The summed E-state index contributed by atoms with van der Waals surface area (Å²) in [6, 6.07) is -0.475. The number of likely N-dealkylation sites (tertiary alicyclic amines) is 1. The molecule has 1 aliphatic heterocycles. The molecule has 1 aromatic heterocycles. The van der Waals surface area contributed by atoms with E-state index in [1.54, 1.807) is 19.3 Å². The van der Waals surface area contributed by atoms with Gasteiger partial charge in [-0.2, -0.15) is 0 Å². The molecule has 2 rings (SSSR count). The molecule has 0 bridgehead atoms. The van der Waals surface area contributed by atoms with E-state index in [9.17, 15) is 9.59 Å².